The molecule has 0 atom stereocenters. The van der Waals surface area contributed by atoms with Crippen LogP contribution in [0, 0.1) is 0 Å². The van der Waals surface area contributed by atoms with Crippen LogP contribution in [0.4, 0.5) is 0 Å². The van der Waals surface area contributed by atoms with Gasteiger partial charge in [-0.3, -0.25) is 0 Å². The van der Waals surface area contributed by atoms with Gasteiger partial charge in [-0.1, -0.05) is 182 Å². The van der Waals surface area contributed by atoms with Crippen molar-refractivity contribution < 1.29 is 4.42 Å². The van der Waals surface area contributed by atoms with Crippen molar-refractivity contribution in [3.8, 4) is 67.5 Å². The maximum atomic E-state index is 6.59. The largest absolute Gasteiger partial charge is 0.455 e. The number of rotatable bonds is 6. The molecule has 13 aromatic rings. The molecular weight excluding hydrogens is 791 g/mol. The first-order valence-electron chi connectivity index (χ1n) is 22.0. The van der Waals surface area contributed by atoms with Gasteiger partial charge in [0.25, 0.3) is 0 Å². The van der Waals surface area contributed by atoms with Crippen LogP contribution >= 0.6 is 0 Å². The van der Waals surface area contributed by atoms with Crippen molar-refractivity contribution in [2.75, 3.05) is 0 Å². The Morgan fingerprint density at radius 2 is 0.692 bits per heavy atom. The van der Waals surface area contributed by atoms with Crippen molar-refractivity contribution in [1.29, 1.82) is 0 Å². The molecule has 0 unspecified atom stereocenters. The fourth-order valence-electron chi connectivity index (χ4n) is 9.73. The summed E-state index contributed by atoms with van der Waals surface area (Å²) in [5, 5.41) is 11.3. The first-order chi connectivity index (χ1) is 32.2. The van der Waals surface area contributed by atoms with Gasteiger partial charge in [0.15, 0.2) is 17.5 Å². The molecule has 4 nitrogen and oxygen atoms in total. The van der Waals surface area contributed by atoms with E-state index in [1.807, 2.05) is 18.2 Å². The van der Waals surface area contributed by atoms with Crippen molar-refractivity contribution in [3.05, 3.63) is 224 Å². The third-order valence-electron chi connectivity index (χ3n) is 12.9. The molecule has 302 valence electrons. The van der Waals surface area contributed by atoms with Gasteiger partial charge >= 0.3 is 0 Å². The van der Waals surface area contributed by atoms with Gasteiger partial charge in [0.1, 0.15) is 11.2 Å². The number of para-hydroxylation sites is 2. The molecule has 65 heavy (non-hydrogen) atoms. The smallest absolute Gasteiger partial charge is 0.167 e. The number of hydrogen-bond donors (Lipinski definition) is 0. The summed E-state index contributed by atoms with van der Waals surface area (Å²) in [5.41, 5.74) is 11.3. The topological polar surface area (TPSA) is 51.8 Å². The highest BCUT2D eigenvalue weighted by molar-refractivity contribution is 6.10. The normalized spacial score (nSPS) is 11.7. The van der Waals surface area contributed by atoms with Crippen molar-refractivity contribution >= 4 is 65.0 Å². The highest BCUT2D eigenvalue weighted by Crippen LogP contribution is 2.41. The Balaban J connectivity index is 1.01. The summed E-state index contributed by atoms with van der Waals surface area (Å²) >= 11 is 0. The van der Waals surface area contributed by atoms with Gasteiger partial charge in [-0.05, 0) is 119 Å². The Kier molecular flexibility index (Phi) is 8.50. The standard InChI is InChI=1S/C61H37N3O/c1-2-13-38(14-3-1)42-28-25-40-27-30-44(37-45(40)36-42)47-32-34-55(51-20-9-7-18-49(47)51)60-62-59(63-61(64-60)56-23-12-22-53-52-21-10-11-24-57(52)65-58(53)56)54-33-31-46(48-17-6-8-19-50(48)54)43-29-26-39-15-4-5-16-41(39)35-43/h1-37H. The third kappa shape index (κ3) is 6.26. The summed E-state index contributed by atoms with van der Waals surface area (Å²) in [5.74, 6) is 1.74. The zero-order chi connectivity index (χ0) is 42.8. The number of hydrogen-bond acceptors (Lipinski definition) is 4. The lowest BCUT2D eigenvalue weighted by atomic mass is 9.92. The number of nitrogens with zero attached hydrogens (tertiary/aromatic N) is 3. The molecule has 0 aliphatic carbocycles. The van der Waals surface area contributed by atoms with E-state index in [-0.39, 0.29) is 0 Å². The van der Waals surface area contributed by atoms with E-state index >= 15 is 0 Å². The van der Waals surface area contributed by atoms with Gasteiger partial charge < -0.3 is 4.42 Å². The zero-order valence-corrected chi connectivity index (χ0v) is 35.1. The van der Waals surface area contributed by atoms with Gasteiger partial charge in [-0.25, -0.2) is 15.0 Å². The van der Waals surface area contributed by atoms with E-state index in [0.717, 1.165) is 82.4 Å². The highest BCUT2D eigenvalue weighted by atomic mass is 16.3. The summed E-state index contributed by atoms with van der Waals surface area (Å²) in [6.07, 6.45) is 0. The zero-order valence-electron chi connectivity index (χ0n) is 35.1. The maximum absolute atomic E-state index is 6.59. The molecule has 0 spiro atoms. The molecule has 0 fully saturated rings. The fourth-order valence-corrected chi connectivity index (χ4v) is 9.73. The summed E-state index contributed by atoms with van der Waals surface area (Å²) in [6, 6.07) is 79.6. The summed E-state index contributed by atoms with van der Waals surface area (Å²) in [6.45, 7) is 0. The minimum atomic E-state index is 0.550. The molecular formula is C61H37N3O. The molecule has 11 aromatic carbocycles. The van der Waals surface area contributed by atoms with Crippen LogP contribution in [0.1, 0.15) is 0 Å². The van der Waals surface area contributed by atoms with Gasteiger partial charge in [0, 0.05) is 21.9 Å². The van der Waals surface area contributed by atoms with Crippen LogP contribution < -0.4 is 0 Å². The van der Waals surface area contributed by atoms with E-state index in [1.165, 1.54) is 32.7 Å². The molecule has 4 heteroatoms. The van der Waals surface area contributed by atoms with Crippen molar-refractivity contribution in [1.82, 2.24) is 15.0 Å². The quantitative estimate of drug-likeness (QED) is 0.168. The molecule has 0 aliphatic rings. The van der Waals surface area contributed by atoms with E-state index in [1.54, 1.807) is 0 Å². The Morgan fingerprint density at radius 1 is 0.246 bits per heavy atom. The maximum Gasteiger partial charge on any atom is 0.167 e. The second-order valence-electron chi connectivity index (χ2n) is 16.7. The number of benzene rings is 11. The second kappa shape index (κ2) is 15.0. The predicted octanol–water partition coefficient (Wildman–Crippen LogP) is 16.4. The van der Waals surface area contributed by atoms with E-state index < -0.39 is 0 Å². The van der Waals surface area contributed by atoms with Crippen LogP contribution in [0.3, 0.4) is 0 Å². The molecule has 0 saturated heterocycles. The minimum absolute atomic E-state index is 0.550. The molecule has 13 rings (SSSR count). The predicted molar refractivity (Wildman–Crippen MR) is 270 cm³/mol. The summed E-state index contributed by atoms with van der Waals surface area (Å²) < 4.78 is 6.59. The van der Waals surface area contributed by atoms with E-state index in [9.17, 15) is 0 Å². The lowest BCUT2D eigenvalue weighted by Gasteiger charge is -2.15. The van der Waals surface area contributed by atoms with Crippen molar-refractivity contribution in [2.45, 2.75) is 0 Å². The molecule has 0 saturated carbocycles. The van der Waals surface area contributed by atoms with E-state index in [2.05, 4.69) is 206 Å². The lowest BCUT2D eigenvalue weighted by Crippen LogP contribution is -2.01. The fraction of sp³-hybridized carbons (Fsp3) is 0. The second-order valence-corrected chi connectivity index (χ2v) is 16.7. The van der Waals surface area contributed by atoms with Crippen LogP contribution in [0.2, 0.25) is 0 Å². The van der Waals surface area contributed by atoms with Crippen LogP contribution in [0.5, 0.6) is 0 Å². The van der Waals surface area contributed by atoms with Gasteiger partial charge in [0.2, 0.25) is 0 Å². The first kappa shape index (κ1) is 36.9. The average Bonchev–Trinajstić information content (AvgIpc) is 3.77. The van der Waals surface area contributed by atoms with Crippen LogP contribution in [0.15, 0.2) is 229 Å². The van der Waals surface area contributed by atoms with E-state index in [0.29, 0.717) is 17.5 Å². The number of aromatic nitrogens is 3. The van der Waals surface area contributed by atoms with E-state index in [4.69, 9.17) is 19.4 Å². The highest BCUT2D eigenvalue weighted by Gasteiger charge is 2.21. The van der Waals surface area contributed by atoms with Crippen molar-refractivity contribution in [3.63, 3.8) is 0 Å². The van der Waals surface area contributed by atoms with Crippen LogP contribution in [-0.4, -0.2) is 15.0 Å². The minimum Gasteiger partial charge on any atom is -0.455 e. The lowest BCUT2D eigenvalue weighted by molar-refractivity contribution is 0.669. The molecule has 0 bridgehead atoms. The molecule has 0 amide bonds. The third-order valence-corrected chi connectivity index (χ3v) is 12.9. The number of furan rings is 1. The van der Waals surface area contributed by atoms with Gasteiger partial charge in [-0.15, -0.1) is 0 Å². The molecule has 2 aromatic heterocycles. The molecule has 0 N–H and O–H groups in total. The Hall–Kier alpha value is -8.73. The Morgan fingerprint density at radius 3 is 1.34 bits per heavy atom. The Bertz CT molecular complexity index is 4020. The first-order valence-corrected chi connectivity index (χ1v) is 22.0. The van der Waals surface area contributed by atoms with Gasteiger partial charge in [-0.2, -0.15) is 0 Å². The van der Waals surface area contributed by atoms with Gasteiger partial charge in [0.05, 0.1) is 5.56 Å². The summed E-state index contributed by atoms with van der Waals surface area (Å²) in [4.78, 5) is 16.1. The monoisotopic (exact) mass is 827 g/mol. The SMILES string of the molecule is c1ccc(-c2ccc3ccc(-c4ccc(-c5nc(-c6ccc(-c7ccc8ccccc8c7)c7ccccc67)nc(-c6cccc7c6oc6ccccc67)n5)c5ccccc45)cc3c2)cc1. The number of fused-ring (bicyclic) bond motifs is 7. The average molecular weight is 828 g/mol. The molecule has 0 radical (unpaired) electrons. The van der Waals surface area contributed by atoms with Crippen LogP contribution in [-0.2, 0) is 0 Å². The van der Waals surface area contributed by atoms with Crippen LogP contribution in [0.25, 0.3) is 133 Å². The molecule has 2 heterocycles. The Labute approximate surface area is 374 Å². The van der Waals surface area contributed by atoms with Crippen molar-refractivity contribution in [2.24, 2.45) is 0 Å². The molecule has 0 aliphatic heterocycles. The summed E-state index contributed by atoms with van der Waals surface area (Å²) in [7, 11) is 0.